The lowest BCUT2D eigenvalue weighted by Gasteiger charge is -2.42. The SMILES string of the molecule is O=C(O)C1(CN2CCC(CC[C@@H]3CC3c3ccccc3)(COCc3ccccc3)CC2)CC1. The molecule has 3 fully saturated rings. The molecule has 2 aromatic rings. The van der Waals surface area contributed by atoms with E-state index in [1.54, 1.807) is 0 Å². The molecule has 4 heteroatoms. The Balaban J connectivity index is 1.17. The van der Waals surface area contributed by atoms with Crippen molar-refractivity contribution in [3.8, 4) is 0 Å². The van der Waals surface area contributed by atoms with Crippen LogP contribution in [0.3, 0.4) is 0 Å². The number of benzene rings is 2. The van der Waals surface area contributed by atoms with Crippen molar-refractivity contribution >= 4 is 5.97 Å². The van der Waals surface area contributed by atoms with Crippen molar-refractivity contribution in [2.45, 2.75) is 57.5 Å². The van der Waals surface area contributed by atoms with Gasteiger partial charge in [-0.1, -0.05) is 60.7 Å². The number of rotatable bonds is 11. The van der Waals surface area contributed by atoms with Crippen LogP contribution in [0, 0.1) is 16.7 Å². The highest BCUT2D eigenvalue weighted by molar-refractivity contribution is 5.78. The molecule has 5 rings (SSSR count). The molecule has 2 atom stereocenters. The average molecular weight is 448 g/mol. The summed E-state index contributed by atoms with van der Waals surface area (Å²) in [5.41, 5.74) is 2.49. The van der Waals surface area contributed by atoms with E-state index in [0.717, 1.165) is 63.8 Å². The van der Waals surface area contributed by atoms with E-state index in [1.165, 1.54) is 30.4 Å². The molecule has 0 radical (unpaired) electrons. The Morgan fingerprint density at radius 2 is 1.64 bits per heavy atom. The topological polar surface area (TPSA) is 49.8 Å². The van der Waals surface area contributed by atoms with Gasteiger partial charge in [-0.2, -0.15) is 0 Å². The maximum Gasteiger partial charge on any atom is 0.310 e. The fraction of sp³-hybridized carbons (Fsp3) is 0.552. The molecule has 1 saturated heterocycles. The third kappa shape index (κ3) is 5.50. The summed E-state index contributed by atoms with van der Waals surface area (Å²) in [5.74, 6) is 0.934. The lowest BCUT2D eigenvalue weighted by molar-refractivity contribution is -0.144. The van der Waals surface area contributed by atoms with Crippen LogP contribution in [0.15, 0.2) is 60.7 Å². The van der Waals surface area contributed by atoms with E-state index in [-0.39, 0.29) is 5.41 Å². The molecule has 2 aromatic carbocycles. The first kappa shape index (κ1) is 22.6. The second-order valence-corrected chi connectivity index (χ2v) is 10.9. The summed E-state index contributed by atoms with van der Waals surface area (Å²) in [6.07, 6.45) is 7.71. The van der Waals surface area contributed by atoms with Gasteiger partial charge in [-0.15, -0.1) is 0 Å². The van der Waals surface area contributed by atoms with Gasteiger partial charge in [0.2, 0.25) is 0 Å². The molecule has 3 aliphatic rings. The molecule has 0 spiro atoms. The van der Waals surface area contributed by atoms with Crippen LogP contribution in [0.4, 0.5) is 0 Å². The summed E-state index contributed by atoms with van der Waals surface area (Å²) >= 11 is 0. The average Bonchev–Trinajstić information content (AvgIpc) is 3.77. The summed E-state index contributed by atoms with van der Waals surface area (Å²) in [4.78, 5) is 14.0. The number of piperidine rings is 1. The van der Waals surface area contributed by atoms with E-state index >= 15 is 0 Å². The fourth-order valence-corrected chi connectivity index (χ4v) is 5.80. The summed E-state index contributed by atoms with van der Waals surface area (Å²) in [7, 11) is 0. The number of ether oxygens (including phenoxy) is 1. The number of hydrogen-bond acceptors (Lipinski definition) is 3. The Morgan fingerprint density at radius 3 is 2.27 bits per heavy atom. The number of carboxylic acid groups (broad SMARTS) is 1. The minimum atomic E-state index is -0.605. The lowest BCUT2D eigenvalue weighted by atomic mass is 9.74. The van der Waals surface area contributed by atoms with Crippen molar-refractivity contribution < 1.29 is 14.6 Å². The van der Waals surface area contributed by atoms with E-state index in [1.807, 2.05) is 6.07 Å². The van der Waals surface area contributed by atoms with E-state index in [0.29, 0.717) is 6.61 Å². The molecule has 1 aliphatic heterocycles. The van der Waals surface area contributed by atoms with Gasteiger partial charge in [-0.25, -0.2) is 0 Å². The molecular formula is C29H37NO3. The minimum absolute atomic E-state index is 0.217. The summed E-state index contributed by atoms with van der Waals surface area (Å²) < 4.78 is 6.30. The van der Waals surface area contributed by atoms with Gasteiger partial charge in [0.15, 0.2) is 0 Å². The van der Waals surface area contributed by atoms with Crippen LogP contribution < -0.4 is 0 Å². The maximum absolute atomic E-state index is 11.6. The largest absolute Gasteiger partial charge is 0.481 e. The van der Waals surface area contributed by atoms with Gasteiger partial charge in [0, 0.05) is 6.54 Å². The third-order valence-electron chi connectivity index (χ3n) is 8.47. The highest BCUT2D eigenvalue weighted by Gasteiger charge is 2.52. The number of likely N-dealkylation sites (tertiary alicyclic amines) is 1. The van der Waals surface area contributed by atoms with Crippen molar-refractivity contribution in [1.82, 2.24) is 4.90 Å². The van der Waals surface area contributed by atoms with Crippen LogP contribution >= 0.6 is 0 Å². The van der Waals surface area contributed by atoms with E-state index in [2.05, 4.69) is 59.5 Å². The number of carbonyl (C=O) groups is 1. The molecule has 0 amide bonds. The summed E-state index contributed by atoms with van der Waals surface area (Å²) in [6, 6.07) is 21.4. The second kappa shape index (κ2) is 9.60. The molecule has 2 saturated carbocycles. The van der Waals surface area contributed by atoms with Gasteiger partial charge >= 0.3 is 5.97 Å². The third-order valence-corrected chi connectivity index (χ3v) is 8.47. The first-order valence-electron chi connectivity index (χ1n) is 12.7. The van der Waals surface area contributed by atoms with Gasteiger partial charge in [0.1, 0.15) is 0 Å². The van der Waals surface area contributed by atoms with Crippen LogP contribution in [-0.4, -0.2) is 42.2 Å². The highest BCUT2D eigenvalue weighted by Crippen LogP contribution is 2.53. The summed E-state index contributed by atoms with van der Waals surface area (Å²) in [5, 5.41) is 9.59. The highest BCUT2D eigenvalue weighted by atomic mass is 16.5. The van der Waals surface area contributed by atoms with Gasteiger partial charge in [-0.05, 0) is 86.4 Å². The molecule has 4 nitrogen and oxygen atoms in total. The lowest BCUT2D eigenvalue weighted by Crippen LogP contribution is -2.45. The molecular weight excluding hydrogens is 410 g/mol. The van der Waals surface area contributed by atoms with Gasteiger partial charge in [-0.3, -0.25) is 4.79 Å². The molecule has 0 bridgehead atoms. The van der Waals surface area contributed by atoms with Crippen molar-refractivity contribution in [2.24, 2.45) is 16.7 Å². The normalized spacial score (nSPS) is 25.5. The Kier molecular flexibility index (Phi) is 6.58. The Hall–Kier alpha value is -2.17. The number of hydrogen-bond donors (Lipinski definition) is 1. The Labute approximate surface area is 198 Å². The standard InChI is InChI=1S/C29H37NO3/c31-27(32)29(13-14-29)21-30-17-15-28(16-18-30,22-33-20-23-7-3-1-4-8-23)12-11-25-19-26(25)24-9-5-2-6-10-24/h1-10,25-26H,11-22H2,(H,31,32)/t25-,26?/m1/s1. The van der Waals surface area contributed by atoms with E-state index in [9.17, 15) is 9.90 Å². The first-order chi connectivity index (χ1) is 16.1. The summed E-state index contributed by atoms with van der Waals surface area (Å²) in [6.45, 7) is 4.20. The monoisotopic (exact) mass is 447 g/mol. The Morgan fingerprint density at radius 1 is 0.970 bits per heavy atom. The molecule has 2 aliphatic carbocycles. The molecule has 176 valence electrons. The predicted octanol–water partition coefficient (Wildman–Crippen LogP) is 5.73. The van der Waals surface area contributed by atoms with Crippen LogP contribution in [0.5, 0.6) is 0 Å². The van der Waals surface area contributed by atoms with Gasteiger partial charge in [0.25, 0.3) is 0 Å². The van der Waals surface area contributed by atoms with Crippen molar-refractivity contribution in [1.29, 1.82) is 0 Å². The smallest absolute Gasteiger partial charge is 0.310 e. The quantitative estimate of drug-likeness (QED) is 0.478. The van der Waals surface area contributed by atoms with Gasteiger partial charge in [0.05, 0.1) is 18.6 Å². The first-order valence-corrected chi connectivity index (χ1v) is 12.7. The zero-order chi connectivity index (χ0) is 22.7. The maximum atomic E-state index is 11.6. The molecule has 1 unspecified atom stereocenters. The number of carboxylic acids is 1. The zero-order valence-electron chi connectivity index (χ0n) is 19.6. The molecule has 0 aromatic heterocycles. The van der Waals surface area contributed by atoms with Crippen molar-refractivity contribution in [3.05, 3.63) is 71.8 Å². The number of nitrogens with zero attached hydrogens (tertiary/aromatic N) is 1. The van der Waals surface area contributed by atoms with Crippen LogP contribution in [0.2, 0.25) is 0 Å². The van der Waals surface area contributed by atoms with E-state index < -0.39 is 11.4 Å². The second-order valence-electron chi connectivity index (χ2n) is 10.9. The predicted molar refractivity (Wildman–Crippen MR) is 130 cm³/mol. The van der Waals surface area contributed by atoms with Gasteiger partial charge < -0.3 is 14.7 Å². The number of aliphatic carboxylic acids is 1. The molecule has 33 heavy (non-hydrogen) atoms. The van der Waals surface area contributed by atoms with Crippen molar-refractivity contribution in [2.75, 3.05) is 26.2 Å². The van der Waals surface area contributed by atoms with E-state index in [4.69, 9.17) is 4.74 Å². The molecule has 1 heterocycles. The van der Waals surface area contributed by atoms with Crippen molar-refractivity contribution in [3.63, 3.8) is 0 Å². The Bertz CT molecular complexity index is 916. The zero-order valence-corrected chi connectivity index (χ0v) is 19.6. The van der Waals surface area contributed by atoms with Crippen LogP contribution in [0.25, 0.3) is 0 Å². The van der Waals surface area contributed by atoms with Crippen LogP contribution in [-0.2, 0) is 16.1 Å². The fourth-order valence-electron chi connectivity index (χ4n) is 5.80. The molecule has 1 N–H and O–H groups in total. The minimum Gasteiger partial charge on any atom is -0.481 e. The van der Waals surface area contributed by atoms with Crippen LogP contribution in [0.1, 0.15) is 62.0 Å².